The SMILES string of the molecule is Cc1cn(-c2cc(Br)ccc2F)nc1N. The number of aromatic nitrogens is 2. The number of hydrogen-bond donors (Lipinski definition) is 1. The van der Waals surface area contributed by atoms with E-state index >= 15 is 0 Å². The lowest BCUT2D eigenvalue weighted by atomic mass is 10.3. The second-order valence-corrected chi connectivity index (χ2v) is 4.15. The normalized spacial score (nSPS) is 10.6. The number of nitrogens with zero attached hydrogens (tertiary/aromatic N) is 2. The molecule has 78 valence electrons. The number of anilines is 1. The predicted octanol–water partition coefficient (Wildman–Crippen LogP) is 2.66. The van der Waals surface area contributed by atoms with Crippen molar-refractivity contribution >= 4 is 21.7 Å². The molecule has 2 N–H and O–H groups in total. The molecular formula is C10H9BrFN3. The number of rotatable bonds is 1. The molecule has 0 atom stereocenters. The number of halogens is 2. The molecule has 2 aromatic rings. The van der Waals surface area contributed by atoms with Gasteiger partial charge in [0.05, 0.1) is 0 Å². The van der Waals surface area contributed by atoms with Crippen LogP contribution in [-0.2, 0) is 0 Å². The summed E-state index contributed by atoms with van der Waals surface area (Å²) in [6, 6.07) is 4.67. The van der Waals surface area contributed by atoms with Crippen LogP contribution in [0.1, 0.15) is 5.56 Å². The first-order valence-electron chi connectivity index (χ1n) is 4.35. The largest absolute Gasteiger partial charge is 0.382 e. The minimum atomic E-state index is -0.333. The highest BCUT2D eigenvalue weighted by Gasteiger charge is 2.08. The zero-order valence-corrected chi connectivity index (χ0v) is 9.62. The lowest BCUT2D eigenvalue weighted by molar-refractivity contribution is 0.611. The first-order chi connectivity index (χ1) is 7.08. The molecule has 0 saturated heterocycles. The quantitative estimate of drug-likeness (QED) is 0.865. The molecule has 3 nitrogen and oxygen atoms in total. The van der Waals surface area contributed by atoms with Gasteiger partial charge in [-0.2, -0.15) is 5.10 Å². The molecule has 0 fully saturated rings. The Morgan fingerprint density at radius 1 is 1.47 bits per heavy atom. The molecule has 0 aliphatic heterocycles. The van der Waals surface area contributed by atoms with Gasteiger partial charge in [0.15, 0.2) is 0 Å². The summed E-state index contributed by atoms with van der Waals surface area (Å²) in [6.45, 7) is 1.83. The van der Waals surface area contributed by atoms with E-state index in [9.17, 15) is 4.39 Å². The molecule has 15 heavy (non-hydrogen) atoms. The smallest absolute Gasteiger partial charge is 0.148 e. The maximum atomic E-state index is 13.5. The number of hydrogen-bond acceptors (Lipinski definition) is 2. The molecule has 1 aromatic carbocycles. The molecule has 1 aromatic heterocycles. The Balaban J connectivity index is 2.58. The van der Waals surface area contributed by atoms with Crippen LogP contribution in [0.2, 0.25) is 0 Å². The number of aryl methyl sites for hydroxylation is 1. The first kappa shape index (κ1) is 10.2. The van der Waals surface area contributed by atoms with Gasteiger partial charge in [0, 0.05) is 16.2 Å². The molecule has 0 spiro atoms. The molecule has 0 amide bonds. The maximum Gasteiger partial charge on any atom is 0.148 e. The standard InChI is InChI=1S/C10H9BrFN3/c1-6-5-15(14-10(6)13)9-4-7(11)2-3-8(9)12/h2-5H,1H3,(H2,13,14). The summed E-state index contributed by atoms with van der Waals surface area (Å²) in [5, 5.41) is 4.02. The van der Waals surface area contributed by atoms with Crippen LogP contribution in [0, 0.1) is 12.7 Å². The Bertz CT molecular complexity index is 488. The van der Waals surface area contributed by atoms with Crippen molar-refractivity contribution in [1.29, 1.82) is 0 Å². The van der Waals surface area contributed by atoms with Gasteiger partial charge >= 0.3 is 0 Å². The molecule has 0 radical (unpaired) electrons. The van der Waals surface area contributed by atoms with Crippen molar-refractivity contribution in [2.24, 2.45) is 0 Å². The van der Waals surface area contributed by atoms with Gasteiger partial charge in [-0.1, -0.05) is 15.9 Å². The zero-order chi connectivity index (χ0) is 11.0. The van der Waals surface area contributed by atoms with Gasteiger partial charge in [-0.15, -0.1) is 0 Å². The van der Waals surface area contributed by atoms with E-state index in [4.69, 9.17) is 5.73 Å². The van der Waals surface area contributed by atoms with Crippen molar-refractivity contribution in [2.75, 3.05) is 5.73 Å². The number of benzene rings is 1. The van der Waals surface area contributed by atoms with Crippen LogP contribution in [0.3, 0.4) is 0 Å². The molecule has 5 heteroatoms. The van der Waals surface area contributed by atoms with Crippen LogP contribution >= 0.6 is 15.9 Å². The summed E-state index contributed by atoms with van der Waals surface area (Å²) in [5.74, 6) is 0.0788. The molecule has 0 aliphatic rings. The minimum absolute atomic E-state index is 0.333. The molecule has 2 rings (SSSR count). The van der Waals surface area contributed by atoms with Crippen LogP contribution < -0.4 is 5.73 Å². The minimum Gasteiger partial charge on any atom is -0.382 e. The third-order valence-corrected chi connectivity index (χ3v) is 2.58. The summed E-state index contributed by atoms with van der Waals surface area (Å²) >= 11 is 3.28. The fraction of sp³-hybridized carbons (Fsp3) is 0.100. The Labute approximate surface area is 94.8 Å². The maximum absolute atomic E-state index is 13.5. The Kier molecular flexibility index (Phi) is 2.48. The second kappa shape index (κ2) is 3.66. The number of nitrogens with two attached hydrogens (primary N) is 1. The van der Waals surface area contributed by atoms with Gasteiger partial charge in [-0.05, 0) is 25.1 Å². The first-order valence-corrected chi connectivity index (χ1v) is 5.14. The van der Waals surface area contributed by atoms with E-state index < -0.39 is 0 Å². The lowest BCUT2D eigenvalue weighted by Gasteiger charge is -2.03. The molecule has 0 unspecified atom stereocenters. The summed E-state index contributed by atoms with van der Waals surface area (Å²) in [7, 11) is 0. The Morgan fingerprint density at radius 2 is 2.20 bits per heavy atom. The van der Waals surface area contributed by atoms with Gasteiger partial charge in [0.25, 0.3) is 0 Å². The summed E-state index contributed by atoms with van der Waals surface area (Å²) < 4.78 is 15.7. The van der Waals surface area contributed by atoms with E-state index in [1.54, 1.807) is 18.3 Å². The average Bonchev–Trinajstić information content (AvgIpc) is 2.51. The predicted molar refractivity (Wildman–Crippen MR) is 60.4 cm³/mol. The number of nitrogen functional groups attached to an aromatic ring is 1. The van der Waals surface area contributed by atoms with Crippen LogP contribution in [-0.4, -0.2) is 9.78 Å². The van der Waals surface area contributed by atoms with E-state index in [2.05, 4.69) is 21.0 Å². The van der Waals surface area contributed by atoms with Crippen molar-refractivity contribution < 1.29 is 4.39 Å². The van der Waals surface area contributed by atoms with Gasteiger partial charge < -0.3 is 5.73 Å². The van der Waals surface area contributed by atoms with Crippen molar-refractivity contribution in [3.63, 3.8) is 0 Å². The van der Waals surface area contributed by atoms with Crippen molar-refractivity contribution in [2.45, 2.75) is 6.92 Å². The summed E-state index contributed by atoms with van der Waals surface area (Å²) in [4.78, 5) is 0. The summed E-state index contributed by atoms with van der Waals surface area (Å²) in [5.41, 5.74) is 6.81. The summed E-state index contributed by atoms with van der Waals surface area (Å²) in [6.07, 6.45) is 1.69. The lowest BCUT2D eigenvalue weighted by Crippen LogP contribution is -1.99. The third-order valence-electron chi connectivity index (χ3n) is 2.09. The second-order valence-electron chi connectivity index (χ2n) is 3.24. The van der Waals surface area contributed by atoms with Gasteiger partial charge in [0.1, 0.15) is 17.3 Å². The molecule has 0 saturated carbocycles. The molecule has 0 aliphatic carbocycles. The van der Waals surface area contributed by atoms with E-state index in [1.165, 1.54) is 10.7 Å². The highest BCUT2D eigenvalue weighted by Crippen LogP contribution is 2.20. The highest BCUT2D eigenvalue weighted by molar-refractivity contribution is 9.10. The highest BCUT2D eigenvalue weighted by atomic mass is 79.9. The topological polar surface area (TPSA) is 43.8 Å². The van der Waals surface area contributed by atoms with Crippen LogP contribution in [0.15, 0.2) is 28.9 Å². The average molecular weight is 270 g/mol. The molecular weight excluding hydrogens is 261 g/mol. The fourth-order valence-corrected chi connectivity index (χ4v) is 1.61. The van der Waals surface area contributed by atoms with Gasteiger partial charge in [-0.25, -0.2) is 9.07 Å². The Morgan fingerprint density at radius 3 is 2.80 bits per heavy atom. The van der Waals surface area contributed by atoms with Crippen molar-refractivity contribution in [1.82, 2.24) is 9.78 Å². The molecule has 0 bridgehead atoms. The van der Waals surface area contributed by atoms with E-state index in [0.29, 0.717) is 11.5 Å². The third kappa shape index (κ3) is 1.87. The zero-order valence-electron chi connectivity index (χ0n) is 8.04. The van der Waals surface area contributed by atoms with Crippen molar-refractivity contribution in [3.8, 4) is 5.69 Å². The van der Waals surface area contributed by atoms with E-state index in [1.807, 2.05) is 6.92 Å². The fourth-order valence-electron chi connectivity index (χ4n) is 1.26. The van der Waals surface area contributed by atoms with Crippen LogP contribution in [0.4, 0.5) is 10.2 Å². The van der Waals surface area contributed by atoms with E-state index in [0.717, 1.165) is 10.0 Å². The van der Waals surface area contributed by atoms with Crippen LogP contribution in [0.25, 0.3) is 5.69 Å². The van der Waals surface area contributed by atoms with Gasteiger partial charge in [-0.3, -0.25) is 0 Å². The van der Waals surface area contributed by atoms with Crippen molar-refractivity contribution in [3.05, 3.63) is 40.2 Å². The van der Waals surface area contributed by atoms with E-state index in [-0.39, 0.29) is 5.82 Å². The van der Waals surface area contributed by atoms with Crippen LogP contribution in [0.5, 0.6) is 0 Å². The monoisotopic (exact) mass is 269 g/mol. The van der Waals surface area contributed by atoms with Gasteiger partial charge in [0.2, 0.25) is 0 Å². The Hall–Kier alpha value is -1.36. The molecule has 1 heterocycles.